The van der Waals surface area contributed by atoms with Gasteiger partial charge in [-0.3, -0.25) is 9.78 Å². The lowest BCUT2D eigenvalue weighted by molar-refractivity contribution is 0.104. The molecule has 0 fully saturated rings. The normalized spacial score (nSPS) is 10.7. The van der Waals surface area contributed by atoms with E-state index in [1.807, 2.05) is 24.3 Å². The molecular formula is C16H11BrN2O. The first-order chi connectivity index (χ1) is 9.65. The van der Waals surface area contributed by atoms with Gasteiger partial charge in [-0.1, -0.05) is 34.1 Å². The maximum Gasteiger partial charge on any atom is 0.193 e. The number of hydrogen-bond donors (Lipinski definition) is 1. The van der Waals surface area contributed by atoms with Gasteiger partial charge in [-0.15, -0.1) is 0 Å². The van der Waals surface area contributed by atoms with Crippen LogP contribution < -0.4 is 5.73 Å². The van der Waals surface area contributed by atoms with Crippen LogP contribution in [0.2, 0.25) is 0 Å². The molecule has 3 rings (SSSR count). The van der Waals surface area contributed by atoms with E-state index in [1.54, 1.807) is 30.6 Å². The van der Waals surface area contributed by atoms with Crippen molar-refractivity contribution in [3.05, 3.63) is 70.5 Å². The molecular weight excluding hydrogens is 316 g/mol. The summed E-state index contributed by atoms with van der Waals surface area (Å²) < 4.78 is 0.794. The number of fused-ring (bicyclic) bond motifs is 1. The molecule has 3 nitrogen and oxygen atoms in total. The summed E-state index contributed by atoms with van der Waals surface area (Å²) in [6.45, 7) is 0. The summed E-state index contributed by atoms with van der Waals surface area (Å²) in [5.74, 6) is -0.0465. The van der Waals surface area contributed by atoms with Gasteiger partial charge in [-0.2, -0.15) is 0 Å². The molecule has 1 heterocycles. The van der Waals surface area contributed by atoms with Gasteiger partial charge in [0.1, 0.15) is 0 Å². The van der Waals surface area contributed by atoms with Gasteiger partial charge in [0.2, 0.25) is 0 Å². The zero-order chi connectivity index (χ0) is 14.1. The fraction of sp³-hybridized carbons (Fsp3) is 0. The van der Waals surface area contributed by atoms with Crippen LogP contribution in [-0.2, 0) is 0 Å². The minimum absolute atomic E-state index is 0.0465. The first kappa shape index (κ1) is 12.8. The summed E-state index contributed by atoms with van der Waals surface area (Å²) in [4.78, 5) is 16.7. The van der Waals surface area contributed by atoms with Crippen molar-refractivity contribution in [2.45, 2.75) is 0 Å². The Balaban J connectivity index is 2.17. The molecule has 2 aromatic carbocycles. The van der Waals surface area contributed by atoms with Crippen LogP contribution in [0.5, 0.6) is 0 Å². The first-order valence-corrected chi connectivity index (χ1v) is 6.88. The molecule has 20 heavy (non-hydrogen) atoms. The Hall–Kier alpha value is -2.20. The number of halogens is 1. The Morgan fingerprint density at radius 2 is 2.00 bits per heavy atom. The van der Waals surface area contributed by atoms with Crippen LogP contribution in [0.4, 0.5) is 5.69 Å². The largest absolute Gasteiger partial charge is 0.399 e. The molecule has 98 valence electrons. The number of aromatic nitrogens is 1. The predicted octanol–water partition coefficient (Wildman–Crippen LogP) is 3.81. The van der Waals surface area contributed by atoms with Gasteiger partial charge in [0, 0.05) is 39.1 Å². The number of carbonyl (C=O) groups excluding carboxylic acids is 1. The first-order valence-electron chi connectivity index (χ1n) is 6.08. The second-order valence-electron chi connectivity index (χ2n) is 4.50. The predicted molar refractivity (Wildman–Crippen MR) is 83.7 cm³/mol. The van der Waals surface area contributed by atoms with Gasteiger partial charge in [-0.25, -0.2) is 0 Å². The molecule has 0 saturated carbocycles. The Labute approximate surface area is 124 Å². The van der Waals surface area contributed by atoms with Crippen molar-refractivity contribution < 1.29 is 4.79 Å². The van der Waals surface area contributed by atoms with E-state index in [-0.39, 0.29) is 5.78 Å². The molecule has 2 N–H and O–H groups in total. The smallest absolute Gasteiger partial charge is 0.193 e. The lowest BCUT2D eigenvalue weighted by Gasteiger charge is -2.07. The van der Waals surface area contributed by atoms with E-state index in [0.717, 1.165) is 15.2 Å². The Morgan fingerprint density at radius 1 is 1.15 bits per heavy atom. The van der Waals surface area contributed by atoms with Gasteiger partial charge < -0.3 is 5.73 Å². The fourth-order valence-electron chi connectivity index (χ4n) is 2.22. The van der Waals surface area contributed by atoms with Crippen LogP contribution >= 0.6 is 15.9 Å². The van der Waals surface area contributed by atoms with Crippen LogP contribution in [0.1, 0.15) is 15.9 Å². The minimum atomic E-state index is -0.0465. The van der Waals surface area contributed by atoms with E-state index >= 15 is 0 Å². The minimum Gasteiger partial charge on any atom is -0.399 e. The van der Waals surface area contributed by atoms with Crippen molar-refractivity contribution in [3.63, 3.8) is 0 Å². The number of rotatable bonds is 2. The summed E-state index contributed by atoms with van der Waals surface area (Å²) in [5.41, 5.74) is 7.58. The van der Waals surface area contributed by atoms with Crippen molar-refractivity contribution in [2.24, 2.45) is 0 Å². The highest BCUT2D eigenvalue weighted by molar-refractivity contribution is 9.10. The third kappa shape index (κ3) is 2.30. The van der Waals surface area contributed by atoms with Crippen LogP contribution in [0, 0.1) is 0 Å². The SMILES string of the molecule is Nc1cc(Br)cc(C(=O)c2cccc3cnccc23)c1. The van der Waals surface area contributed by atoms with Crippen molar-refractivity contribution in [3.8, 4) is 0 Å². The quantitative estimate of drug-likeness (QED) is 0.575. The molecule has 0 radical (unpaired) electrons. The Morgan fingerprint density at radius 3 is 2.80 bits per heavy atom. The van der Waals surface area contributed by atoms with Gasteiger partial charge in [-0.05, 0) is 29.7 Å². The van der Waals surface area contributed by atoms with Crippen molar-refractivity contribution in [1.29, 1.82) is 0 Å². The highest BCUT2D eigenvalue weighted by atomic mass is 79.9. The summed E-state index contributed by atoms with van der Waals surface area (Å²) in [6.07, 6.45) is 3.44. The molecule has 3 aromatic rings. The van der Waals surface area contributed by atoms with Crippen LogP contribution in [0.15, 0.2) is 59.3 Å². The lowest BCUT2D eigenvalue weighted by atomic mass is 9.98. The van der Waals surface area contributed by atoms with Crippen LogP contribution in [-0.4, -0.2) is 10.8 Å². The van der Waals surface area contributed by atoms with Crippen LogP contribution in [0.3, 0.4) is 0 Å². The molecule has 0 aliphatic heterocycles. The number of benzene rings is 2. The van der Waals surface area contributed by atoms with Crippen molar-refractivity contribution in [2.75, 3.05) is 5.73 Å². The number of nitrogens with two attached hydrogens (primary N) is 1. The highest BCUT2D eigenvalue weighted by Crippen LogP contribution is 2.24. The molecule has 0 atom stereocenters. The van der Waals surface area contributed by atoms with E-state index in [2.05, 4.69) is 20.9 Å². The number of hydrogen-bond acceptors (Lipinski definition) is 3. The van der Waals surface area contributed by atoms with Gasteiger partial charge in [0.15, 0.2) is 5.78 Å². The molecule has 0 bridgehead atoms. The van der Waals surface area contributed by atoms with Gasteiger partial charge in [0.05, 0.1) is 0 Å². The number of ketones is 1. The van der Waals surface area contributed by atoms with Crippen molar-refractivity contribution in [1.82, 2.24) is 4.98 Å². The maximum absolute atomic E-state index is 12.7. The molecule has 0 spiro atoms. The molecule has 0 aliphatic carbocycles. The second kappa shape index (κ2) is 5.06. The average Bonchev–Trinajstić information content (AvgIpc) is 2.45. The number of nitrogen functional groups attached to an aromatic ring is 1. The summed E-state index contributed by atoms with van der Waals surface area (Å²) in [7, 11) is 0. The van der Waals surface area contributed by atoms with Crippen molar-refractivity contribution >= 4 is 38.2 Å². The Bertz CT molecular complexity index is 789. The molecule has 1 aromatic heterocycles. The van der Waals surface area contributed by atoms with E-state index < -0.39 is 0 Å². The summed E-state index contributed by atoms with van der Waals surface area (Å²) in [6, 6.07) is 12.7. The molecule has 0 saturated heterocycles. The summed E-state index contributed by atoms with van der Waals surface area (Å²) >= 11 is 3.36. The number of anilines is 1. The van der Waals surface area contributed by atoms with Gasteiger partial charge >= 0.3 is 0 Å². The van der Waals surface area contributed by atoms with E-state index in [9.17, 15) is 4.79 Å². The Kier molecular flexibility index (Phi) is 3.24. The van der Waals surface area contributed by atoms with Gasteiger partial charge in [0.25, 0.3) is 0 Å². The van der Waals surface area contributed by atoms with E-state index in [1.165, 1.54) is 0 Å². The average molecular weight is 327 g/mol. The number of nitrogens with zero attached hydrogens (tertiary/aromatic N) is 1. The van der Waals surface area contributed by atoms with E-state index in [4.69, 9.17) is 5.73 Å². The molecule has 4 heteroatoms. The maximum atomic E-state index is 12.7. The highest BCUT2D eigenvalue weighted by Gasteiger charge is 2.13. The van der Waals surface area contributed by atoms with Crippen LogP contribution in [0.25, 0.3) is 10.8 Å². The second-order valence-corrected chi connectivity index (χ2v) is 5.42. The standard InChI is InChI=1S/C16H11BrN2O/c17-12-6-11(7-13(18)8-12)16(20)15-3-1-2-10-9-19-5-4-14(10)15/h1-9H,18H2. The van der Waals surface area contributed by atoms with E-state index in [0.29, 0.717) is 16.8 Å². The number of pyridine rings is 1. The molecule has 0 amide bonds. The topological polar surface area (TPSA) is 56.0 Å². The third-order valence-corrected chi connectivity index (χ3v) is 3.57. The molecule has 0 aliphatic rings. The third-order valence-electron chi connectivity index (χ3n) is 3.11. The fourth-order valence-corrected chi connectivity index (χ4v) is 2.73. The monoisotopic (exact) mass is 326 g/mol. The number of carbonyl (C=O) groups is 1. The lowest BCUT2D eigenvalue weighted by Crippen LogP contribution is -2.03. The zero-order valence-electron chi connectivity index (χ0n) is 10.5. The zero-order valence-corrected chi connectivity index (χ0v) is 12.1. The molecule has 0 unspecified atom stereocenters. The summed E-state index contributed by atoms with van der Waals surface area (Å²) in [5, 5.41) is 1.84.